The second kappa shape index (κ2) is 4.89. The van der Waals surface area contributed by atoms with E-state index in [1.165, 1.54) is 0 Å². The molecule has 0 amide bonds. The molecule has 1 aliphatic rings. The molecule has 7 heteroatoms. The minimum absolute atomic E-state index is 0.0261. The molecule has 0 bridgehead atoms. The van der Waals surface area contributed by atoms with Gasteiger partial charge in [-0.2, -0.15) is 0 Å². The molecule has 0 saturated carbocycles. The van der Waals surface area contributed by atoms with E-state index >= 15 is 0 Å². The highest BCUT2D eigenvalue weighted by Crippen LogP contribution is 2.18. The summed E-state index contributed by atoms with van der Waals surface area (Å²) in [5.74, 6) is 6.31. The van der Waals surface area contributed by atoms with Gasteiger partial charge in [-0.3, -0.25) is 0 Å². The summed E-state index contributed by atoms with van der Waals surface area (Å²) in [5, 5.41) is 3.20. The smallest absolute Gasteiger partial charge is 0.152 e. The van der Waals surface area contributed by atoms with Crippen LogP contribution in [0.5, 0.6) is 0 Å². The van der Waals surface area contributed by atoms with Gasteiger partial charge in [0.25, 0.3) is 0 Å². The largest absolute Gasteiger partial charge is 0.381 e. The van der Waals surface area contributed by atoms with Gasteiger partial charge in [-0.05, 0) is 18.9 Å². The fourth-order valence-electron chi connectivity index (χ4n) is 1.97. The molecule has 4 N–H and O–H groups in total. The van der Waals surface area contributed by atoms with E-state index in [4.69, 9.17) is 5.84 Å². The zero-order valence-corrected chi connectivity index (χ0v) is 10.2. The molecule has 2 rings (SSSR count). The molecule has 0 spiro atoms. The number of nitrogens with two attached hydrogens (primary N) is 1. The highest BCUT2D eigenvalue weighted by atomic mass is 32.2. The number of hydrazine groups is 1. The Bertz CT molecular complexity index is 489. The number of aromatic nitrogens is 1. The van der Waals surface area contributed by atoms with Gasteiger partial charge in [-0.1, -0.05) is 0 Å². The van der Waals surface area contributed by atoms with Gasteiger partial charge in [0, 0.05) is 24.0 Å². The molecule has 1 aromatic heterocycles. The zero-order valence-electron chi connectivity index (χ0n) is 9.39. The van der Waals surface area contributed by atoms with E-state index < -0.39 is 9.84 Å². The predicted octanol–water partition coefficient (Wildman–Crippen LogP) is 0.356. The van der Waals surface area contributed by atoms with Crippen molar-refractivity contribution in [2.75, 3.05) is 22.2 Å². The molecular formula is C10H16N4O2S. The Hall–Kier alpha value is -1.34. The Morgan fingerprint density at radius 3 is 3.00 bits per heavy atom. The molecule has 1 fully saturated rings. The molecule has 94 valence electrons. The van der Waals surface area contributed by atoms with Crippen molar-refractivity contribution in [3.63, 3.8) is 0 Å². The van der Waals surface area contributed by atoms with E-state index in [9.17, 15) is 8.42 Å². The maximum absolute atomic E-state index is 11.5. The van der Waals surface area contributed by atoms with Gasteiger partial charge in [-0.15, -0.1) is 0 Å². The second-order valence-corrected chi connectivity index (χ2v) is 6.40. The van der Waals surface area contributed by atoms with Crippen molar-refractivity contribution in [3.05, 3.63) is 18.3 Å². The molecule has 0 aliphatic carbocycles. The van der Waals surface area contributed by atoms with Crippen molar-refractivity contribution in [1.29, 1.82) is 0 Å². The van der Waals surface area contributed by atoms with Crippen LogP contribution in [0.25, 0.3) is 0 Å². The minimum Gasteiger partial charge on any atom is -0.381 e. The first-order valence-electron chi connectivity index (χ1n) is 5.49. The van der Waals surface area contributed by atoms with Crippen molar-refractivity contribution in [1.82, 2.24) is 4.98 Å². The summed E-state index contributed by atoms with van der Waals surface area (Å²) in [6.07, 6.45) is 3.20. The summed E-state index contributed by atoms with van der Waals surface area (Å²) in [6, 6.07) is 3.52. The SMILES string of the molecule is NNc1cc(NC2CCCS(=O)(=O)C2)ccn1. The van der Waals surface area contributed by atoms with E-state index in [0.29, 0.717) is 18.0 Å². The quantitative estimate of drug-likeness (QED) is 0.533. The van der Waals surface area contributed by atoms with Crippen molar-refractivity contribution < 1.29 is 8.42 Å². The Kier molecular flexibility index (Phi) is 3.49. The van der Waals surface area contributed by atoms with Crippen LogP contribution in [0.15, 0.2) is 18.3 Å². The number of hydrogen-bond acceptors (Lipinski definition) is 6. The molecule has 0 radical (unpaired) electrons. The number of sulfone groups is 1. The topological polar surface area (TPSA) is 97.1 Å². The van der Waals surface area contributed by atoms with Crippen LogP contribution in [-0.4, -0.2) is 30.9 Å². The minimum atomic E-state index is -2.89. The number of nitrogen functional groups attached to an aromatic ring is 1. The molecule has 6 nitrogen and oxygen atoms in total. The fourth-order valence-corrected chi connectivity index (χ4v) is 3.61. The summed E-state index contributed by atoms with van der Waals surface area (Å²) < 4.78 is 23.0. The molecule has 1 saturated heterocycles. The van der Waals surface area contributed by atoms with Gasteiger partial charge in [0.05, 0.1) is 11.5 Å². The molecular weight excluding hydrogens is 240 g/mol. The summed E-state index contributed by atoms with van der Waals surface area (Å²) in [7, 11) is -2.89. The third kappa shape index (κ3) is 3.31. The summed E-state index contributed by atoms with van der Waals surface area (Å²) in [6.45, 7) is 0. The van der Waals surface area contributed by atoms with Crippen molar-refractivity contribution >= 4 is 21.3 Å². The van der Waals surface area contributed by atoms with Crippen LogP contribution in [-0.2, 0) is 9.84 Å². The first kappa shape index (κ1) is 12.1. The van der Waals surface area contributed by atoms with Gasteiger partial charge in [-0.25, -0.2) is 19.2 Å². The predicted molar refractivity (Wildman–Crippen MR) is 67.3 cm³/mol. The lowest BCUT2D eigenvalue weighted by Gasteiger charge is -2.24. The third-order valence-corrected chi connectivity index (χ3v) is 4.56. The van der Waals surface area contributed by atoms with Crippen LogP contribution in [0.4, 0.5) is 11.5 Å². The molecule has 0 aromatic carbocycles. The molecule has 1 aliphatic heterocycles. The van der Waals surface area contributed by atoms with Crippen LogP contribution in [0.1, 0.15) is 12.8 Å². The van der Waals surface area contributed by atoms with Gasteiger partial charge in [0.2, 0.25) is 0 Å². The van der Waals surface area contributed by atoms with Crippen molar-refractivity contribution in [3.8, 4) is 0 Å². The Morgan fingerprint density at radius 2 is 2.29 bits per heavy atom. The van der Waals surface area contributed by atoms with E-state index in [1.807, 2.05) is 0 Å². The normalized spacial score (nSPS) is 23.0. The van der Waals surface area contributed by atoms with Crippen molar-refractivity contribution in [2.45, 2.75) is 18.9 Å². The highest BCUT2D eigenvalue weighted by molar-refractivity contribution is 7.91. The van der Waals surface area contributed by atoms with Crippen LogP contribution >= 0.6 is 0 Å². The Labute approximate surface area is 101 Å². The number of hydrogen-bond donors (Lipinski definition) is 3. The number of anilines is 2. The van der Waals surface area contributed by atoms with E-state index in [0.717, 1.165) is 12.1 Å². The lowest BCUT2D eigenvalue weighted by atomic mass is 10.2. The first-order chi connectivity index (χ1) is 8.09. The van der Waals surface area contributed by atoms with Gasteiger partial charge < -0.3 is 10.7 Å². The molecule has 1 unspecified atom stereocenters. The van der Waals surface area contributed by atoms with Crippen LogP contribution in [0.3, 0.4) is 0 Å². The Balaban J connectivity index is 2.05. The zero-order chi connectivity index (χ0) is 12.3. The number of rotatable bonds is 3. The number of pyridine rings is 1. The van der Waals surface area contributed by atoms with Crippen LogP contribution in [0.2, 0.25) is 0 Å². The number of nitrogens with one attached hydrogen (secondary N) is 2. The molecule has 1 aromatic rings. The van der Waals surface area contributed by atoms with Gasteiger partial charge >= 0.3 is 0 Å². The molecule has 1 atom stereocenters. The van der Waals surface area contributed by atoms with Crippen LogP contribution < -0.4 is 16.6 Å². The monoisotopic (exact) mass is 256 g/mol. The number of nitrogens with zero attached hydrogens (tertiary/aromatic N) is 1. The summed E-state index contributed by atoms with van der Waals surface area (Å²) in [5.41, 5.74) is 3.28. The summed E-state index contributed by atoms with van der Waals surface area (Å²) in [4.78, 5) is 3.99. The van der Waals surface area contributed by atoms with Gasteiger partial charge in [0.1, 0.15) is 5.82 Å². The standard InChI is InChI=1S/C10H16N4O2S/c11-14-10-6-8(3-4-12-10)13-9-2-1-5-17(15,16)7-9/h3-4,6,9H,1-2,5,7,11H2,(H2,12,13,14). The lowest BCUT2D eigenvalue weighted by Crippen LogP contribution is -2.34. The fraction of sp³-hybridized carbons (Fsp3) is 0.500. The highest BCUT2D eigenvalue weighted by Gasteiger charge is 2.24. The van der Waals surface area contributed by atoms with E-state index in [1.54, 1.807) is 18.3 Å². The maximum Gasteiger partial charge on any atom is 0.152 e. The Morgan fingerprint density at radius 1 is 1.47 bits per heavy atom. The lowest BCUT2D eigenvalue weighted by molar-refractivity contribution is 0.562. The second-order valence-electron chi connectivity index (χ2n) is 4.17. The van der Waals surface area contributed by atoms with E-state index in [2.05, 4.69) is 15.7 Å². The average Bonchev–Trinajstić information content (AvgIpc) is 2.28. The molecule has 17 heavy (non-hydrogen) atoms. The maximum atomic E-state index is 11.5. The molecule has 2 heterocycles. The van der Waals surface area contributed by atoms with Gasteiger partial charge in [0.15, 0.2) is 9.84 Å². The van der Waals surface area contributed by atoms with Crippen molar-refractivity contribution in [2.24, 2.45) is 5.84 Å². The third-order valence-electron chi connectivity index (χ3n) is 2.74. The van der Waals surface area contributed by atoms with Crippen LogP contribution in [0, 0.1) is 0 Å². The average molecular weight is 256 g/mol. The van der Waals surface area contributed by atoms with E-state index in [-0.39, 0.29) is 11.8 Å². The summed E-state index contributed by atoms with van der Waals surface area (Å²) >= 11 is 0. The first-order valence-corrected chi connectivity index (χ1v) is 7.31.